The van der Waals surface area contributed by atoms with Gasteiger partial charge in [0.15, 0.2) is 0 Å². The number of hydrogen-bond acceptors (Lipinski definition) is 3. The summed E-state index contributed by atoms with van der Waals surface area (Å²) >= 11 is 0. The van der Waals surface area contributed by atoms with Gasteiger partial charge in [-0.15, -0.1) is 0 Å². The fraction of sp³-hybridized carbons (Fsp3) is 0.909. The van der Waals surface area contributed by atoms with Gasteiger partial charge in [0.1, 0.15) is 5.84 Å². The van der Waals surface area contributed by atoms with E-state index in [9.17, 15) is 0 Å². The van der Waals surface area contributed by atoms with E-state index in [1.54, 1.807) is 0 Å². The van der Waals surface area contributed by atoms with E-state index in [-0.39, 0.29) is 11.9 Å². The zero-order valence-corrected chi connectivity index (χ0v) is 9.41. The molecule has 4 heteroatoms. The van der Waals surface area contributed by atoms with Crippen LogP contribution in [0.4, 0.5) is 0 Å². The van der Waals surface area contributed by atoms with Crippen molar-refractivity contribution in [2.24, 2.45) is 5.73 Å². The molecule has 1 saturated heterocycles. The Bertz CT molecular complexity index is 242. The maximum Gasteiger partial charge on any atom is 0.108 e. The van der Waals surface area contributed by atoms with Gasteiger partial charge >= 0.3 is 0 Å². The fourth-order valence-corrected chi connectivity index (χ4v) is 2.79. The normalized spacial score (nSPS) is 34.5. The number of nitrogens with zero attached hydrogens (tertiary/aromatic N) is 1. The highest BCUT2D eigenvalue weighted by Gasteiger charge is 2.36. The second-order valence-corrected chi connectivity index (χ2v) is 4.63. The summed E-state index contributed by atoms with van der Waals surface area (Å²) in [4.78, 5) is 2.36. The van der Waals surface area contributed by atoms with E-state index in [2.05, 4.69) is 4.90 Å². The van der Waals surface area contributed by atoms with Crippen LogP contribution in [0.15, 0.2) is 0 Å². The molecule has 0 radical (unpaired) electrons. The smallest absolute Gasteiger partial charge is 0.108 e. The molecule has 0 amide bonds. The van der Waals surface area contributed by atoms with Gasteiger partial charge in [-0.2, -0.15) is 0 Å². The Morgan fingerprint density at radius 2 is 2.20 bits per heavy atom. The number of nitrogens with two attached hydrogens (primary N) is 1. The lowest BCUT2D eigenvalue weighted by molar-refractivity contribution is -0.0927. The number of amidine groups is 1. The lowest BCUT2D eigenvalue weighted by atomic mass is 9.89. The number of fused-ring (bicyclic) bond motifs is 1. The van der Waals surface area contributed by atoms with Crippen LogP contribution in [0.3, 0.4) is 0 Å². The Hall–Kier alpha value is -0.610. The zero-order valence-electron chi connectivity index (χ0n) is 9.41. The van der Waals surface area contributed by atoms with Gasteiger partial charge in [0, 0.05) is 12.6 Å². The number of ether oxygens (including phenoxy) is 1. The van der Waals surface area contributed by atoms with Crippen molar-refractivity contribution in [1.29, 1.82) is 5.41 Å². The molecule has 1 saturated carbocycles. The Morgan fingerprint density at radius 1 is 1.47 bits per heavy atom. The third-order valence-corrected chi connectivity index (χ3v) is 3.72. The van der Waals surface area contributed by atoms with Gasteiger partial charge in [0.25, 0.3) is 0 Å². The highest BCUT2D eigenvalue weighted by molar-refractivity contribution is 5.82. The van der Waals surface area contributed by atoms with Crippen LogP contribution in [0, 0.1) is 5.41 Å². The largest absolute Gasteiger partial charge is 0.386 e. The molecule has 15 heavy (non-hydrogen) atoms. The minimum Gasteiger partial charge on any atom is -0.386 e. The van der Waals surface area contributed by atoms with Gasteiger partial charge in [-0.3, -0.25) is 10.3 Å². The summed E-state index contributed by atoms with van der Waals surface area (Å²) in [5.41, 5.74) is 5.59. The van der Waals surface area contributed by atoms with E-state index in [4.69, 9.17) is 15.9 Å². The summed E-state index contributed by atoms with van der Waals surface area (Å²) in [7, 11) is 0. The van der Waals surface area contributed by atoms with Gasteiger partial charge in [-0.05, 0) is 19.8 Å². The molecule has 1 aliphatic carbocycles. The van der Waals surface area contributed by atoms with Crippen LogP contribution in [-0.2, 0) is 4.74 Å². The average molecular weight is 211 g/mol. The predicted molar refractivity (Wildman–Crippen MR) is 60.1 cm³/mol. The molecule has 1 heterocycles. The number of rotatable bonds is 2. The standard InChI is InChI=1S/C11H21N3O/c1-8(11(12)13)14-6-7-15-10-5-3-2-4-9(10)14/h8-10H,2-7H2,1H3,(H3,12,13). The van der Waals surface area contributed by atoms with Gasteiger partial charge < -0.3 is 10.5 Å². The van der Waals surface area contributed by atoms with E-state index in [1.807, 2.05) is 6.92 Å². The number of nitrogens with one attached hydrogen (secondary N) is 1. The minimum atomic E-state index is 0.0690. The Kier molecular flexibility index (Phi) is 3.26. The number of hydrogen-bond donors (Lipinski definition) is 2. The molecule has 2 fully saturated rings. The second-order valence-electron chi connectivity index (χ2n) is 4.63. The van der Waals surface area contributed by atoms with E-state index in [0.717, 1.165) is 13.2 Å². The Labute approximate surface area is 91.3 Å². The van der Waals surface area contributed by atoms with Crippen molar-refractivity contribution >= 4 is 5.84 Å². The monoisotopic (exact) mass is 211 g/mol. The summed E-state index contributed by atoms with van der Waals surface area (Å²) in [5, 5.41) is 7.54. The lowest BCUT2D eigenvalue weighted by Gasteiger charge is -2.46. The summed E-state index contributed by atoms with van der Waals surface area (Å²) in [6.45, 7) is 3.74. The van der Waals surface area contributed by atoms with Crippen molar-refractivity contribution in [3.63, 3.8) is 0 Å². The van der Waals surface area contributed by atoms with Crippen LogP contribution >= 0.6 is 0 Å². The molecule has 0 bridgehead atoms. The molecule has 3 atom stereocenters. The SMILES string of the molecule is CC(C(=N)N)N1CCOC2CCCCC21. The molecule has 3 N–H and O–H groups in total. The van der Waals surface area contributed by atoms with Crippen LogP contribution in [0.1, 0.15) is 32.6 Å². The molecular weight excluding hydrogens is 190 g/mol. The first-order valence-corrected chi connectivity index (χ1v) is 5.91. The van der Waals surface area contributed by atoms with Crippen LogP contribution in [-0.4, -0.2) is 42.1 Å². The molecule has 0 spiro atoms. The van der Waals surface area contributed by atoms with E-state index in [1.165, 1.54) is 25.7 Å². The van der Waals surface area contributed by atoms with E-state index >= 15 is 0 Å². The fourth-order valence-electron chi connectivity index (χ4n) is 2.79. The van der Waals surface area contributed by atoms with Crippen molar-refractivity contribution in [1.82, 2.24) is 4.90 Å². The molecule has 0 aromatic carbocycles. The van der Waals surface area contributed by atoms with E-state index in [0.29, 0.717) is 12.1 Å². The van der Waals surface area contributed by atoms with Gasteiger partial charge in [0.2, 0.25) is 0 Å². The Balaban J connectivity index is 2.06. The van der Waals surface area contributed by atoms with Crippen LogP contribution in [0.2, 0.25) is 0 Å². The first-order valence-electron chi connectivity index (χ1n) is 5.91. The molecule has 2 aliphatic rings. The van der Waals surface area contributed by atoms with Crippen molar-refractivity contribution in [2.45, 2.75) is 50.8 Å². The summed E-state index contributed by atoms with van der Waals surface area (Å²) < 4.78 is 5.79. The number of morpholine rings is 1. The molecule has 3 unspecified atom stereocenters. The van der Waals surface area contributed by atoms with Gasteiger partial charge in [-0.25, -0.2) is 0 Å². The molecular formula is C11H21N3O. The van der Waals surface area contributed by atoms with Crippen LogP contribution in [0.5, 0.6) is 0 Å². The maximum atomic E-state index is 7.54. The van der Waals surface area contributed by atoms with Crippen LogP contribution in [0.25, 0.3) is 0 Å². The first kappa shape index (κ1) is 10.9. The first-order chi connectivity index (χ1) is 7.20. The highest BCUT2D eigenvalue weighted by Crippen LogP contribution is 2.29. The maximum absolute atomic E-state index is 7.54. The van der Waals surface area contributed by atoms with Crippen molar-refractivity contribution in [3.8, 4) is 0 Å². The predicted octanol–water partition coefficient (Wildman–Crippen LogP) is 0.954. The average Bonchev–Trinajstić information content (AvgIpc) is 2.27. The second kappa shape index (κ2) is 4.49. The van der Waals surface area contributed by atoms with Crippen molar-refractivity contribution < 1.29 is 4.74 Å². The third kappa shape index (κ3) is 2.16. The van der Waals surface area contributed by atoms with Gasteiger partial charge in [-0.1, -0.05) is 12.8 Å². The zero-order chi connectivity index (χ0) is 10.8. The summed E-state index contributed by atoms with van der Waals surface area (Å²) in [6.07, 6.45) is 5.32. The molecule has 86 valence electrons. The summed E-state index contributed by atoms with van der Waals surface area (Å²) in [6, 6.07) is 0.561. The quantitative estimate of drug-likeness (QED) is 0.528. The molecule has 0 aromatic rings. The van der Waals surface area contributed by atoms with E-state index < -0.39 is 0 Å². The molecule has 4 nitrogen and oxygen atoms in total. The highest BCUT2D eigenvalue weighted by atomic mass is 16.5. The minimum absolute atomic E-state index is 0.0690. The van der Waals surface area contributed by atoms with Crippen molar-refractivity contribution in [2.75, 3.05) is 13.2 Å². The third-order valence-electron chi connectivity index (χ3n) is 3.72. The van der Waals surface area contributed by atoms with Crippen LogP contribution < -0.4 is 5.73 Å². The molecule has 2 rings (SSSR count). The Morgan fingerprint density at radius 3 is 2.93 bits per heavy atom. The molecule has 1 aliphatic heterocycles. The van der Waals surface area contributed by atoms with Crippen molar-refractivity contribution in [3.05, 3.63) is 0 Å². The summed E-state index contributed by atoms with van der Waals surface area (Å²) in [5.74, 6) is 0.279. The molecule has 0 aromatic heterocycles. The lowest BCUT2D eigenvalue weighted by Crippen LogP contribution is -2.58. The van der Waals surface area contributed by atoms with Gasteiger partial charge in [0.05, 0.1) is 18.8 Å². The topological polar surface area (TPSA) is 62.3 Å².